The number of carbonyl (C=O) groups excluding carboxylic acids is 1. The smallest absolute Gasteiger partial charge is 0.350 e. The van der Waals surface area contributed by atoms with Crippen molar-refractivity contribution < 1.29 is 9.53 Å². The van der Waals surface area contributed by atoms with Crippen molar-refractivity contribution in [2.24, 2.45) is 0 Å². The van der Waals surface area contributed by atoms with Gasteiger partial charge in [0.2, 0.25) is 11.6 Å². The van der Waals surface area contributed by atoms with E-state index in [-0.39, 0.29) is 18.1 Å². The van der Waals surface area contributed by atoms with Crippen LogP contribution < -0.4 is 10.6 Å². The van der Waals surface area contributed by atoms with Crippen LogP contribution in [0.25, 0.3) is 5.65 Å². The van der Waals surface area contributed by atoms with Gasteiger partial charge >= 0.3 is 5.69 Å². The fourth-order valence-corrected chi connectivity index (χ4v) is 3.98. The van der Waals surface area contributed by atoms with Crippen LogP contribution in [0.5, 0.6) is 0 Å². The number of fused-ring (bicyclic) bond motifs is 2. The maximum absolute atomic E-state index is 12.8. The van der Waals surface area contributed by atoms with Crippen molar-refractivity contribution in [1.29, 1.82) is 0 Å². The minimum atomic E-state index is -0.331. The molecule has 3 aromatic rings. The zero-order valence-electron chi connectivity index (χ0n) is 16.0. The molecule has 0 spiro atoms. The van der Waals surface area contributed by atoms with E-state index in [1.165, 1.54) is 20.2 Å². The van der Waals surface area contributed by atoms with Gasteiger partial charge in [0.05, 0.1) is 13.2 Å². The molecule has 0 bridgehead atoms. The molecule has 0 N–H and O–H groups in total. The highest BCUT2D eigenvalue weighted by molar-refractivity contribution is 5.76. The molecular formula is C20H22N6O3. The van der Waals surface area contributed by atoms with Gasteiger partial charge in [0.25, 0.3) is 0 Å². The summed E-state index contributed by atoms with van der Waals surface area (Å²) in [5.74, 6) is 0.539. The van der Waals surface area contributed by atoms with E-state index in [9.17, 15) is 9.59 Å². The summed E-state index contributed by atoms with van der Waals surface area (Å²) >= 11 is 0. The highest BCUT2D eigenvalue weighted by Crippen LogP contribution is 2.24. The second kappa shape index (κ2) is 7.32. The number of anilines is 1. The standard InChI is InChI=1S/C20H22N6O3/c27-17(23-9-11-29-12-10-23)14-26-20(28)25-8-6-21-18(19(25)22-26)24-7-5-15-3-1-2-4-16(15)13-24/h1-4,6,8H,5,7,9-14H2. The van der Waals surface area contributed by atoms with Gasteiger partial charge in [-0.2, -0.15) is 0 Å². The molecule has 0 atom stereocenters. The fraction of sp³-hybridized carbons (Fsp3) is 0.400. The predicted octanol–water partition coefficient (Wildman–Crippen LogP) is 0.313. The van der Waals surface area contributed by atoms with Crippen LogP contribution >= 0.6 is 0 Å². The van der Waals surface area contributed by atoms with Crippen LogP contribution in [0.1, 0.15) is 11.1 Å². The first-order valence-corrected chi connectivity index (χ1v) is 9.82. The van der Waals surface area contributed by atoms with E-state index < -0.39 is 0 Å². The number of benzene rings is 1. The number of hydrogen-bond donors (Lipinski definition) is 0. The summed E-state index contributed by atoms with van der Waals surface area (Å²) in [5.41, 5.74) is 2.75. The Morgan fingerprint density at radius 2 is 1.90 bits per heavy atom. The molecule has 150 valence electrons. The normalized spacial score (nSPS) is 16.8. The van der Waals surface area contributed by atoms with Crippen molar-refractivity contribution in [1.82, 2.24) is 24.1 Å². The van der Waals surface area contributed by atoms with E-state index in [4.69, 9.17) is 4.74 Å². The molecule has 2 aliphatic heterocycles. The van der Waals surface area contributed by atoms with E-state index in [0.29, 0.717) is 37.8 Å². The molecule has 2 aliphatic rings. The first-order chi connectivity index (χ1) is 14.2. The van der Waals surface area contributed by atoms with E-state index in [1.807, 2.05) is 6.07 Å². The van der Waals surface area contributed by atoms with Crippen molar-refractivity contribution in [3.05, 3.63) is 58.3 Å². The molecule has 4 heterocycles. The lowest BCUT2D eigenvalue weighted by Gasteiger charge is -2.29. The van der Waals surface area contributed by atoms with Crippen LogP contribution in [0.3, 0.4) is 0 Å². The molecule has 0 radical (unpaired) electrons. The van der Waals surface area contributed by atoms with E-state index in [2.05, 4.69) is 33.2 Å². The van der Waals surface area contributed by atoms with Crippen LogP contribution in [-0.2, 0) is 29.0 Å². The number of hydrogen-bond acceptors (Lipinski definition) is 6. The van der Waals surface area contributed by atoms with Crippen LogP contribution in [0.4, 0.5) is 5.82 Å². The van der Waals surface area contributed by atoms with Crippen LogP contribution in [0.2, 0.25) is 0 Å². The van der Waals surface area contributed by atoms with E-state index in [1.54, 1.807) is 17.3 Å². The topological polar surface area (TPSA) is 85.0 Å². The van der Waals surface area contributed by atoms with Gasteiger partial charge in [-0.25, -0.2) is 18.9 Å². The Kier molecular flexibility index (Phi) is 4.51. The molecule has 0 unspecified atom stereocenters. The number of nitrogens with zero attached hydrogens (tertiary/aromatic N) is 6. The molecule has 1 fully saturated rings. The van der Waals surface area contributed by atoms with Crippen LogP contribution in [0.15, 0.2) is 41.5 Å². The molecule has 29 heavy (non-hydrogen) atoms. The minimum absolute atomic E-state index is 0.0806. The number of ether oxygens (including phenoxy) is 1. The molecule has 5 rings (SSSR count). The maximum Gasteiger partial charge on any atom is 0.350 e. The first kappa shape index (κ1) is 17.9. The van der Waals surface area contributed by atoms with Crippen molar-refractivity contribution >= 4 is 17.4 Å². The van der Waals surface area contributed by atoms with Crippen LogP contribution in [0, 0.1) is 0 Å². The molecular weight excluding hydrogens is 372 g/mol. The molecule has 1 saturated heterocycles. The lowest BCUT2D eigenvalue weighted by molar-refractivity contribution is -0.136. The molecule has 1 aromatic carbocycles. The summed E-state index contributed by atoms with van der Waals surface area (Å²) in [6.07, 6.45) is 4.13. The number of rotatable bonds is 3. The van der Waals surface area contributed by atoms with Gasteiger partial charge in [-0.3, -0.25) is 4.79 Å². The minimum Gasteiger partial charge on any atom is -0.378 e. The summed E-state index contributed by atoms with van der Waals surface area (Å²) in [7, 11) is 0. The third kappa shape index (κ3) is 3.27. The van der Waals surface area contributed by atoms with Crippen molar-refractivity contribution in [2.75, 3.05) is 37.7 Å². The lowest BCUT2D eigenvalue weighted by Crippen LogP contribution is -2.43. The van der Waals surface area contributed by atoms with Gasteiger partial charge in [0, 0.05) is 38.6 Å². The van der Waals surface area contributed by atoms with Gasteiger partial charge in [0.1, 0.15) is 6.54 Å². The zero-order chi connectivity index (χ0) is 19.8. The molecule has 2 aromatic heterocycles. The second-order valence-electron chi connectivity index (χ2n) is 7.32. The van der Waals surface area contributed by atoms with Crippen molar-refractivity contribution in [3.8, 4) is 0 Å². The Bertz CT molecular complexity index is 1110. The summed E-state index contributed by atoms with van der Waals surface area (Å²) in [5, 5.41) is 4.46. The SMILES string of the molecule is O=C(Cn1nc2c(N3CCc4ccccc4C3)nccn2c1=O)N1CCOCC1. The average Bonchev–Trinajstić information content (AvgIpc) is 3.09. The Labute approximate surface area is 167 Å². The second-order valence-corrected chi connectivity index (χ2v) is 7.32. The molecule has 0 aliphatic carbocycles. The van der Waals surface area contributed by atoms with E-state index in [0.717, 1.165) is 19.5 Å². The van der Waals surface area contributed by atoms with Crippen molar-refractivity contribution in [2.45, 2.75) is 19.5 Å². The van der Waals surface area contributed by atoms with Gasteiger partial charge < -0.3 is 14.5 Å². The zero-order valence-corrected chi connectivity index (χ0v) is 16.0. The molecule has 1 amide bonds. The Hall–Kier alpha value is -3.20. The highest BCUT2D eigenvalue weighted by Gasteiger charge is 2.23. The van der Waals surface area contributed by atoms with Crippen molar-refractivity contribution in [3.63, 3.8) is 0 Å². The van der Waals surface area contributed by atoms with Gasteiger partial charge in [-0.1, -0.05) is 24.3 Å². The first-order valence-electron chi connectivity index (χ1n) is 9.82. The summed E-state index contributed by atoms with van der Waals surface area (Å²) in [6, 6.07) is 8.36. The summed E-state index contributed by atoms with van der Waals surface area (Å²) < 4.78 is 7.98. The molecule has 9 nitrogen and oxygen atoms in total. The quantitative estimate of drug-likeness (QED) is 0.636. The van der Waals surface area contributed by atoms with Gasteiger partial charge in [-0.15, -0.1) is 5.10 Å². The molecule has 0 saturated carbocycles. The molecule has 9 heteroatoms. The monoisotopic (exact) mass is 394 g/mol. The number of aromatic nitrogens is 4. The third-order valence-corrected chi connectivity index (χ3v) is 5.56. The summed E-state index contributed by atoms with van der Waals surface area (Å²) in [4.78, 5) is 33.7. The summed E-state index contributed by atoms with van der Waals surface area (Å²) in [6.45, 7) is 3.57. The fourth-order valence-electron chi connectivity index (χ4n) is 3.98. The lowest BCUT2D eigenvalue weighted by atomic mass is 10.00. The Balaban J connectivity index is 1.45. The number of carbonyl (C=O) groups is 1. The maximum atomic E-state index is 12.8. The highest BCUT2D eigenvalue weighted by atomic mass is 16.5. The Morgan fingerprint density at radius 1 is 1.10 bits per heavy atom. The number of amides is 1. The average molecular weight is 394 g/mol. The largest absolute Gasteiger partial charge is 0.378 e. The van der Waals surface area contributed by atoms with Crippen LogP contribution in [-0.4, -0.2) is 62.8 Å². The van der Waals surface area contributed by atoms with Gasteiger partial charge in [-0.05, 0) is 17.5 Å². The predicted molar refractivity (Wildman–Crippen MR) is 106 cm³/mol. The Morgan fingerprint density at radius 3 is 2.72 bits per heavy atom. The van der Waals surface area contributed by atoms with E-state index >= 15 is 0 Å². The number of morpholine rings is 1. The third-order valence-electron chi connectivity index (χ3n) is 5.56. The van der Waals surface area contributed by atoms with Gasteiger partial charge in [0.15, 0.2) is 5.82 Å².